The van der Waals surface area contributed by atoms with Gasteiger partial charge in [0.15, 0.2) is 0 Å². The van der Waals surface area contributed by atoms with Crippen LogP contribution >= 0.6 is 0 Å². The van der Waals surface area contributed by atoms with Crippen molar-refractivity contribution in [2.24, 2.45) is 0 Å². The minimum atomic E-state index is -3.73. The summed E-state index contributed by atoms with van der Waals surface area (Å²) in [6, 6.07) is 19.3. The molecule has 7 nitrogen and oxygen atoms in total. The third kappa shape index (κ3) is 4.97. The monoisotopic (exact) mass is 452 g/mol. The predicted molar refractivity (Wildman–Crippen MR) is 124 cm³/mol. The highest BCUT2D eigenvalue weighted by molar-refractivity contribution is 7.92. The van der Waals surface area contributed by atoms with Crippen LogP contribution in [0.15, 0.2) is 77.7 Å². The summed E-state index contributed by atoms with van der Waals surface area (Å²) in [6.45, 7) is 3.81. The molecule has 8 heteroatoms. The van der Waals surface area contributed by atoms with Gasteiger partial charge in [0.1, 0.15) is 0 Å². The molecular weight excluding hydrogens is 428 g/mol. The molecule has 3 aromatic carbocycles. The summed E-state index contributed by atoms with van der Waals surface area (Å²) >= 11 is 0. The average molecular weight is 453 g/mol. The van der Waals surface area contributed by atoms with Crippen LogP contribution in [0.5, 0.6) is 0 Å². The number of nitrogens with one attached hydrogen (secondary N) is 1. The first kappa shape index (κ1) is 23.0. The van der Waals surface area contributed by atoms with Gasteiger partial charge in [-0.2, -0.15) is 0 Å². The number of ether oxygens (including phenoxy) is 1. The van der Waals surface area contributed by atoms with E-state index in [2.05, 4.69) is 5.32 Å². The van der Waals surface area contributed by atoms with Crippen molar-refractivity contribution in [3.8, 4) is 0 Å². The highest BCUT2D eigenvalue weighted by Gasteiger charge is 2.21. The van der Waals surface area contributed by atoms with E-state index in [4.69, 9.17) is 4.74 Å². The SMILES string of the molecule is CCOC(=O)c1ccccc1NC(=O)c1ccc(N(C)S(=O)(=O)c2ccc(C)cc2)cc1. The van der Waals surface area contributed by atoms with E-state index >= 15 is 0 Å². The van der Waals surface area contributed by atoms with Crippen molar-refractivity contribution in [1.29, 1.82) is 0 Å². The summed E-state index contributed by atoms with van der Waals surface area (Å²) in [4.78, 5) is 25.0. The first-order valence-electron chi connectivity index (χ1n) is 9.97. The Hall–Kier alpha value is -3.65. The second kappa shape index (κ2) is 9.65. The predicted octanol–water partition coefficient (Wildman–Crippen LogP) is 4.25. The number of anilines is 2. The minimum Gasteiger partial charge on any atom is -0.462 e. The van der Waals surface area contributed by atoms with Gasteiger partial charge < -0.3 is 10.1 Å². The van der Waals surface area contributed by atoms with E-state index < -0.39 is 21.9 Å². The van der Waals surface area contributed by atoms with Crippen molar-refractivity contribution < 1.29 is 22.7 Å². The largest absolute Gasteiger partial charge is 0.462 e. The second-order valence-corrected chi connectivity index (χ2v) is 9.02. The number of hydrogen-bond donors (Lipinski definition) is 1. The number of para-hydroxylation sites is 1. The van der Waals surface area contributed by atoms with Gasteiger partial charge >= 0.3 is 5.97 Å². The van der Waals surface area contributed by atoms with Crippen molar-refractivity contribution in [3.63, 3.8) is 0 Å². The standard InChI is InChI=1S/C24H24N2O5S/c1-4-31-24(28)21-7-5-6-8-22(21)25-23(27)18-11-13-19(14-12-18)26(3)32(29,30)20-15-9-17(2)10-16-20/h5-16H,4H2,1-3H3,(H,25,27). The van der Waals surface area contributed by atoms with Crippen LogP contribution < -0.4 is 9.62 Å². The Morgan fingerprint density at radius 2 is 1.56 bits per heavy atom. The number of sulfonamides is 1. The first-order valence-corrected chi connectivity index (χ1v) is 11.4. The lowest BCUT2D eigenvalue weighted by molar-refractivity contribution is 0.0527. The molecule has 0 aliphatic rings. The minimum absolute atomic E-state index is 0.183. The topological polar surface area (TPSA) is 92.8 Å². The number of aryl methyl sites for hydroxylation is 1. The highest BCUT2D eigenvalue weighted by Crippen LogP contribution is 2.23. The maximum Gasteiger partial charge on any atom is 0.340 e. The zero-order valence-corrected chi connectivity index (χ0v) is 18.8. The van der Waals surface area contributed by atoms with Gasteiger partial charge in [-0.25, -0.2) is 13.2 Å². The van der Waals surface area contributed by atoms with Crippen LogP contribution in [-0.2, 0) is 14.8 Å². The Morgan fingerprint density at radius 1 is 0.938 bits per heavy atom. The number of carbonyl (C=O) groups is 2. The number of benzene rings is 3. The molecule has 0 radical (unpaired) electrons. The van der Waals surface area contributed by atoms with Crippen LogP contribution in [0.4, 0.5) is 11.4 Å². The summed E-state index contributed by atoms with van der Waals surface area (Å²) in [5.74, 6) is -0.959. The summed E-state index contributed by atoms with van der Waals surface area (Å²) in [6.07, 6.45) is 0. The van der Waals surface area contributed by atoms with Crippen molar-refractivity contribution >= 4 is 33.3 Å². The van der Waals surface area contributed by atoms with Crippen LogP contribution in [-0.4, -0.2) is 33.9 Å². The lowest BCUT2D eigenvalue weighted by Gasteiger charge is -2.20. The van der Waals surface area contributed by atoms with Gasteiger partial charge in [0.2, 0.25) is 0 Å². The molecular formula is C24H24N2O5S. The molecule has 3 aromatic rings. The maximum atomic E-state index is 12.9. The van der Waals surface area contributed by atoms with E-state index in [9.17, 15) is 18.0 Å². The van der Waals surface area contributed by atoms with Crippen LogP contribution in [0.1, 0.15) is 33.2 Å². The zero-order valence-electron chi connectivity index (χ0n) is 18.0. The van der Waals surface area contributed by atoms with Gasteiger partial charge in [-0.3, -0.25) is 9.10 Å². The van der Waals surface area contributed by atoms with E-state index in [1.807, 2.05) is 6.92 Å². The lowest BCUT2D eigenvalue weighted by atomic mass is 10.1. The molecule has 0 aromatic heterocycles. The Morgan fingerprint density at radius 3 is 2.19 bits per heavy atom. The fourth-order valence-corrected chi connectivity index (χ4v) is 4.20. The van der Waals surface area contributed by atoms with Gasteiger partial charge in [0.25, 0.3) is 15.9 Å². The van der Waals surface area contributed by atoms with Gasteiger partial charge in [0.05, 0.1) is 28.4 Å². The Balaban J connectivity index is 1.78. The molecule has 1 amide bonds. The number of rotatable bonds is 7. The van der Waals surface area contributed by atoms with Gasteiger partial charge in [-0.1, -0.05) is 29.8 Å². The Labute approximate surface area is 187 Å². The van der Waals surface area contributed by atoms with E-state index in [1.165, 1.54) is 19.2 Å². The van der Waals surface area contributed by atoms with Crippen molar-refractivity contribution in [2.45, 2.75) is 18.7 Å². The molecule has 0 aliphatic heterocycles. The normalized spacial score (nSPS) is 11.0. The smallest absolute Gasteiger partial charge is 0.340 e. The number of hydrogen-bond acceptors (Lipinski definition) is 5. The molecule has 0 fully saturated rings. The van der Waals surface area contributed by atoms with Crippen molar-refractivity contribution in [1.82, 2.24) is 0 Å². The van der Waals surface area contributed by atoms with Crippen LogP contribution in [0.25, 0.3) is 0 Å². The van der Waals surface area contributed by atoms with Gasteiger partial charge in [-0.15, -0.1) is 0 Å². The summed E-state index contributed by atoms with van der Waals surface area (Å²) in [5, 5.41) is 2.70. The molecule has 3 rings (SSSR count). The van der Waals surface area contributed by atoms with Gasteiger partial charge in [0, 0.05) is 12.6 Å². The lowest BCUT2D eigenvalue weighted by Crippen LogP contribution is -2.26. The molecule has 0 saturated carbocycles. The molecule has 0 saturated heterocycles. The summed E-state index contributed by atoms with van der Waals surface area (Å²) in [5.41, 5.74) is 2.27. The molecule has 32 heavy (non-hydrogen) atoms. The molecule has 0 atom stereocenters. The number of amides is 1. The quantitative estimate of drug-likeness (QED) is 0.541. The molecule has 166 valence electrons. The molecule has 0 bridgehead atoms. The first-order chi connectivity index (χ1) is 15.2. The third-order valence-corrected chi connectivity index (χ3v) is 6.64. The molecule has 0 spiro atoms. The zero-order chi connectivity index (χ0) is 23.3. The summed E-state index contributed by atoms with van der Waals surface area (Å²) < 4.78 is 31.9. The fourth-order valence-electron chi connectivity index (χ4n) is 3.00. The van der Waals surface area contributed by atoms with E-state index in [-0.39, 0.29) is 17.1 Å². The van der Waals surface area contributed by atoms with Crippen LogP contribution in [0, 0.1) is 6.92 Å². The number of nitrogens with zero attached hydrogens (tertiary/aromatic N) is 1. The van der Waals surface area contributed by atoms with Gasteiger partial charge in [-0.05, 0) is 62.4 Å². The van der Waals surface area contributed by atoms with Crippen molar-refractivity contribution in [2.75, 3.05) is 23.3 Å². The maximum absolute atomic E-state index is 12.9. The number of carbonyl (C=O) groups excluding carboxylic acids is 2. The molecule has 0 unspecified atom stereocenters. The summed E-state index contributed by atoms with van der Waals surface area (Å²) in [7, 11) is -2.27. The van der Waals surface area contributed by atoms with E-state index in [0.717, 1.165) is 9.87 Å². The Kier molecular flexibility index (Phi) is 6.95. The molecule has 0 heterocycles. The molecule has 1 N–H and O–H groups in total. The van der Waals surface area contributed by atoms with Crippen LogP contribution in [0.2, 0.25) is 0 Å². The second-order valence-electron chi connectivity index (χ2n) is 7.05. The average Bonchev–Trinajstić information content (AvgIpc) is 2.79. The fraction of sp³-hybridized carbons (Fsp3) is 0.167. The highest BCUT2D eigenvalue weighted by atomic mass is 32.2. The third-order valence-electron chi connectivity index (χ3n) is 4.84. The van der Waals surface area contributed by atoms with Crippen molar-refractivity contribution in [3.05, 3.63) is 89.5 Å². The van der Waals surface area contributed by atoms with E-state index in [0.29, 0.717) is 16.9 Å². The number of esters is 1. The Bertz CT molecular complexity index is 1220. The van der Waals surface area contributed by atoms with Crippen LogP contribution in [0.3, 0.4) is 0 Å². The van der Waals surface area contributed by atoms with E-state index in [1.54, 1.807) is 67.6 Å². The molecule has 0 aliphatic carbocycles.